The third kappa shape index (κ3) is 4.48. The van der Waals surface area contributed by atoms with Gasteiger partial charge in [0, 0.05) is 43.7 Å². The summed E-state index contributed by atoms with van der Waals surface area (Å²) < 4.78 is 79.7. The fraction of sp³-hybridized carbons (Fsp3) is 0.478. The molecule has 1 saturated heterocycles. The smallest absolute Gasteiger partial charge is 0.370 e. The topological polar surface area (TPSA) is 104 Å². The summed E-state index contributed by atoms with van der Waals surface area (Å²) in [6, 6.07) is 4.11. The Morgan fingerprint density at radius 1 is 1.08 bits per heavy atom. The third-order valence-electron chi connectivity index (χ3n) is 6.97. The van der Waals surface area contributed by atoms with Crippen molar-refractivity contribution in [3.05, 3.63) is 41.2 Å². The van der Waals surface area contributed by atoms with Crippen LogP contribution in [-0.2, 0) is 30.2 Å². The van der Waals surface area contributed by atoms with E-state index in [4.69, 9.17) is 0 Å². The lowest BCUT2D eigenvalue weighted by atomic mass is 9.85. The molecule has 0 N–H and O–H groups in total. The van der Waals surface area contributed by atoms with Gasteiger partial charge in [0.05, 0.1) is 17.8 Å². The zero-order chi connectivity index (χ0) is 27.4. The quantitative estimate of drug-likeness (QED) is 0.459. The number of alkyl halides is 6. The minimum atomic E-state index is -4.65. The molecule has 0 spiro atoms. The van der Waals surface area contributed by atoms with Crippen molar-refractivity contribution in [3.63, 3.8) is 0 Å². The van der Waals surface area contributed by atoms with E-state index in [0.29, 0.717) is 30.6 Å². The number of amides is 1. The molecule has 0 unspecified atom stereocenters. The second-order valence-electron chi connectivity index (χ2n) is 9.37. The van der Waals surface area contributed by atoms with Gasteiger partial charge in [0.1, 0.15) is 11.8 Å². The molecule has 3 aromatic heterocycles. The first-order valence-electron chi connectivity index (χ1n) is 11.7. The highest BCUT2D eigenvalue weighted by Gasteiger charge is 2.41. The number of fused-ring (bicyclic) bond motifs is 2. The van der Waals surface area contributed by atoms with E-state index in [1.807, 2.05) is 17.9 Å². The van der Waals surface area contributed by atoms with Gasteiger partial charge in [0.25, 0.3) is 0 Å². The number of nitrogens with zero attached hydrogens (tertiary/aromatic N) is 8. The van der Waals surface area contributed by atoms with Crippen LogP contribution in [0.4, 0.5) is 32.0 Å². The Balaban J connectivity index is 1.35. The van der Waals surface area contributed by atoms with E-state index >= 15 is 0 Å². The fourth-order valence-corrected chi connectivity index (χ4v) is 5.15. The predicted molar refractivity (Wildman–Crippen MR) is 119 cm³/mol. The maximum atomic E-state index is 13.3. The van der Waals surface area contributed by atoms with Crippen LogP contribution in [0.2, 0.25) is 0 Å². The van der Waals surface area contributed by atoms with Crippen LogP contribution < -0.4 is 4.90 Å². The second-order valence-corrected chi connectivity index (χ2v) is 9.37. The summed E-state index contributed by atoms with van der Waals surface area (Å²) in [4.78, 5) is 24.2. The number of hydrogen-bond donors (Lipinski definition) is 0. The van der Waals surface area contributed by atoms with Crippen molar-refractivity contribution in [1.29, 1.82) is 5.26 Å². The highest BCUT2D eigenvalue weighted by Crippen LogP contribution is 2.37. The summed E-state index contributed by atoms with van der Waals surface area (Å²) in [7, 11) is 0. The number of halogens is 6. The van der Waals surface area contributed by atoms with Crippen LogP contribution in [0.1, 0.15) is 36.3 Å². The van der Waals surface area contributed by atoms with Gasteiger partial charge in [-0.3, -0.25) is 4.79 Å². The summed E-state index contributed by atoms with van der Waals surface area (Å²) in [5.74, 6) is -1.89. The van der Waals surface area contributed by atoms with Gasteiger partial charge in [0.15, 0.2) is 11.5 Å². The van der Waals surface area contributed by atoms with Gasteiger partial charge in [0.2, 0.25) is 11.7 Å². The number of rotatable bonds is 2. The predicted octanol–water partition coefficient (Wildman–Crippen LogP) is 3.64. The highest BCUT2D eigenvalue weighted by atomic mass is 19.4. The molecule has 0 bridgehead atoms. The Morgan fingerprint density at radius 2 is 1.84 bits per heavy atom. The van der Waals surface area contributed by atoms with Crippen molar-refractivity contribution < 1.29 is 31.1 Å². The summed E-state index contributed by atoms with van der Waals surface area (Å²) in [6.07, 6.45) is -7.72. The summed E-state index contributed by atoms with van der Waals surface area (Å²) in [5.41, 5.74) is -0.657. The van der Waals surface area contributed by atoms with Crippen molar-refractivity contribution >= 4 is 22.6 Å². The highest BCUT2D eigenvalue weighted by molar-refractivity contribution is 5.93. The average molecular weight is 538 g/mol. The minimum absolute atomic E-state index is 0.0645. The van der Waals surface area contributed by atoms with Crippen LogP contribution in [0.15, 0.2) is 18.3 Å². The lowest BCUT2D eigenvalue weighted by molar-refractivity contribution is -0.148. The molecule has 38 heavy (non-hydrogen) atoms. The van der Waals surface area contributed by atoms with Gasteiger partial charge in [-0.15, -0.1) is 10.2 Å². The molecule has 0 saturated carbocycles. The van der Waals surface area contributed by atoms with E-state index in [-0.39, 0.29) is 48.5 Å². The number of aromatic nitrogens is 5. The molecule has 5 heterocycles. The van der Waals surface area contributed by atoms with Crippen molar-refractivity contribution in [2.24, 2.45) is 11.8 Å². The number of nitriles is 1. The number of carbonyl (C=O) groups excluding carboxylic acids is 1. The molecule has 1 fully saturated rings. The number of pyridine rings is 2. The molecule has 0 aromatic carbocycles. The minimum Gasteiger partial charge on any atom is -0.370 e. The first-order valence-corrected chi connectivity index (χ1v) is 11.7. The summed E-state index contributed by atoms with van der Waals surface area (Å²) >= 11 is 0. The van der Waals surface area contributed by atoms with Gasteiger partial charge in [-0.05, 0) is 24.5 Å². The van der Waals surface area contributed by atoms with Crippen LogP contribution in [0.3, 0.4) is 0 Å². The van der Waals surface area contributed by atoms with Crippen LogP contribution >= 0.6 is 0 Å². The number of piperidine rings is 1. The molecular formula is C23H20F6N8O. The van der Waals surface area contributed by atoms with Gasteiger partial charge < -0.3 is 14.4 Å². The molecule has 2 atom stereocenters. The number of carbonyl (C=O) groups is 1. The van der Waals surface area contributed by atoms with Gasteiger partial charge in [-0.25, -0.2) is 9.97 Å². The molecular weight excluding hydrogens is 518 g/mol. The maximum Gasteiger partial charge on any atom is 0.451 e. The Kier molecular flexibility index (Phi) is 6.15. The molecule has 2 aliphatic heterocycles. The van der Waals surface area contributed by atoms with E-state index in [2.05, 4.69) is 20.2 Å². The summed E-state index contributed by atoms with van der Waals surface area (Å²) in [6.45, 7) is 2.43. The van der Waals surface area contributed by atoms with E-state index in [1.165, 1.54) is 17.2 Å². The van der Waals surface area contributed by atoms with E-state index < -0.39 is 29.8 Å². The lowest BCUT2D eigenvalue weighted by Crippen LogP contribution is -2.49. The maximum absolute atomic E-state index is 13.3. The van der Waals surface area contributed by atoms with Gasteiger partial charge >= 0.3 is 12.4 Å². The lowest BCUT2D eigenvalue weighted by Gasteiger charge is -2.40. The number of hydrogen-bond acceptors (Lipinski definition) is 7. The summed E-state index contributed by atoms with van der Waals surface area (Å²) in [5, 5.41) is 16.8. The standard InChI is InChI=1S/C23H20F6N8O/c1-12-10-35(18-13(8-30)9-31-19-15(18)2-3-16(32-19)22(24,25)26)5-4-14(12)20(38)36-6-7-37-17(11-36)33-34-21(37)23(27,28)29/h2-3,9,12,14H,4-7,10-11H2,1H3/t12-,14+/m1/s1. The molecule has 200 valence electrons. The Labute approximate surface area is 211 Å². The molecule has 9 nitrogen and oxygen atoms in total. The number of anilines is 1. The SMILES string of the molecule is C[C@@H]1CN(c2c(C#N)cnc3nc(C(F)(F)F)ccc23)CC[C@@H]1C(=O)N1CCn2c(nnc2C(F)(F)F)C1. The van der Waals surface area contributed by atoms with Crippen molar-refractivity contribution in [2.45, 2.75) is 38.8 Å². The largest absolute Gasteiger partial charge is 0.451 e. The Morgan fingerprint density at radius 3 is 2.50 bits per heavy atom. The van der Waals surface area contributed by atoms with Crippen LogP contribution in [0.5, 0.6) is 0 Å². The normalized spacial score (nSPS) is 20.4. The first kappa shape index (κ1) is 25.7. The third-order valence-corrected chi connectivity index (χ3v) is 6.97. The molecule has 2 aliphatic rings. The average Bonchev–Trinajstić information content (AvgIpc) is 3.30. The Bertz CT molecular complexity index is 1440. The molecule has 3 aromatic rings. The van der Waals surface area contributed by atoms with Crippen molar-refractivity contribution in [2.75, 3.05) is 24.5 Å². The van der Waals surface area contributed by atoms with E-state index in [1.54, 1.807) is 0 Å². The Hall–Kier alpha value is -3.96. The van der Waals surface area contributed by atoms with Crippen molar-refractivity contribution in [3.8, 4) is 6.07 Å². The molecule has 5 rings (SSSR count). The van der Waals surface area contributed by atoms with E-state index in [9.17, 15) is 36.4 Å². The van der Waals surface area contributed by atoms with Crippen LogP contribution in [-0.4, -0.2) is 55.2 Å². The van der Waals surface area contributed by atoms with Crippen LogP contribution in [0.25, 0.3) is 11.0 Å². The molecule has 15 heteroatoms. The van der Waals surface area contributed by atoms with Crippen LogP contribution in [0, 0.1) is 23.2 Å². The molecule has 1 amide bonds. The molecule has 0 radical (unpaired) electrons. The second kappa shape index (κ2) is 9.10. The fourth-order valence-electron chi connectivity index (χ4n) is 5.15. The van der Waals surface area contributed by atoms with Crippen molar-refractivity contribution in [1.82, 2.24) is 29.6 Å². The van der Waals surface area contributed by atoms with E-state index in [0.717, 1.165) is 10.6 Å². The zero-order valence-electron chi connectivity index (χ0n) is 19.9. The first-order chi connectivity index (χ1) is 17.9. The van der Waals surface area contributed by atoms with Gasteiger partial charge in [-0.2, -0.15) is 31.6 Å². The monoisotopic (exact) mass is 538 g/mol. The zero-order valence-corrected chi connectivity index (χ0v) is 19.9. The molecule has 0 aliphatic carbocycles. The van der Waals surface area contributed by atoms with Gasteiger partial charge in [-0.1, -0.05) is 6.92 Å².